The maximum absolute atomic E-state index is 12.9. The van der Waals surface area contributed by atoms with E-state index in [9.17, 15) is 4.39 Å². The molecule has 1 aliphatic rings. The van der Waals surface area contributed by atoms with Gasteiger partial charge in [0.25, 0.3) is 0 Å². The van der Waals surface area contributed by atoms with Gasteiger partial charge in [0.15, 0.2) is 5.96 Å². The van der Waals surface area contributed by atoms with E-state index in [1.54, 1.807) is 30.5 Å². The van der Waals surface area contributed by atoms with E-state index < -0.39 is 0 Å². The third-order valence-electron chi connectivity index (χ3n) is 3.81. The Morgan fingerprint density at radius 2 is 2.16 bits per heavy atom. The van der Waals surface area contributed by atoms with Gasteiger partial charge >= 0.3 is 0 Å². The first-order valence-electron chi connectivity index (χ1n) is 8.15. The Balaban J connectivity index is 1.63. The largest absolute Gasteiger partial charge is 0.457 e. The topological polar surface area (TPSA) is 73.0 Å². The molecule has 1 fully saturated rings. The second-order valence-corrected chi connectivity index (χ2v) is 5.84. The predicted octanol–water partition coefficient (Wildman–Crippen LogP) is 2.55. The van der Waals surface area contributed by atoms with Crippen molar-refractivity contribution in [2.75, 3.05) is 19.7 Å². The van der Waals surface area contributed by atoms with Crippen LogP contribution in [0.3, 0.4) is 0 Å². The van der Waals surface area contributed by atoms with Crippen molar-refractivity contribution in [3.8, 4) is 11.5 Å². The number of aromatic nitrogens is 1. The quantitative estimate of drug-likeness (QED) is 0.682. The highest BCUT2D eigenvalue weighted by atomic mass is 19.1. The van der Waals surface area contributed by atoms with E-state index in [2.05, 4.69) is 9.98 Å². The molecule has 7 heteroatoms. The number of nitrogens with two attached hydrogens (primary N) is 1. The number of halogens is 1. The lowest BCUT2D eigenvalue weighted by atomic mass is 10.3. The number of hydrogen-bond donors (Lipinski definition) is 1. The molecule has 3 rings (SSSR count). The maximum Gasteiger partial charge on any atom is 0.191 e. The molecule has 2 aromatic rings. The third kappa shape index (κ3) is 4.90. The summed E-state index contributed by atoms with van der Waals surface area (Å²) in [4.78, 5) is 10.7. The van der Waals surface area contributed by atoms with Crippen LogP contribution in [0.4, 0.5) is 4.39 Å². The van der Waals surface area contributed by atoms with E-state index in [4.69, 9.17) is 15.2 Å². The summed E-state index contributed by atoms with van der Waals surface area (Å²) in [5.41, 5.74) is 6.80. The Hall–Kier alpha value is -2.67. The zero-order chi connectivity index (χ0) is 17.6. The van der Waals surface area contributed by atoms with Gasteiger partial charge in [-0.25, -0.2) is 9.38 Å². The van der Waals surface area contributed by atoms with Crippen molar-refractivity contribution in [2.45, 2.75) is 19.6 Å². The maximum atomic E-state index is 12.9. The minimum absolute atomic E-state index is 0.146. The number of morpholine rings is 1. The normalized spacial score (nSPS) is 18.2. The number of rotatable bonds is 4. The summed E-state index contributed by atoms with van der Waals surface area (Å²) in [6, 6.07) is 9.39. The molecule has 0 saturated carbocycles. The van der Waals surface area contributed by atoms with Gasteiger partial charge in [-0.15, -0.1) is 0 Å². The molecule has 0 amide bonds. The average Bonchev–Trinajstić information content (AvgIpc) is 2.62. The molecule has 2 heterocycles. The fourth-order valence-corrected chi connectivity index (χ4v) is 2.53. The standard InChI is InChI=1S/C18H21FN4O2/c1-13-12-23(8-9-24-13)18(20)22-11-15-10-17(6-7-21-15)25-16-4-2-14(19)3-5-16/h2-7,10,13H,8-9,11-12H2,1H3,(H2,20,22). The predicted molar refractivity (Wildman–Crippen MR) is 93.0 cm³/mol. The van der Waals surface area contributed by atoms with Gasteiger partial charge in [-0.3, -0.25) is 4.98 Å². The molecule has 1 aliphatic heterocycles. The minimum Gasteiger partial charge on any atom is -0.457 e. The van der Waals surface area contributed by atoms with Crippen molar-refractivity contribution < 1.29 is 13.9 Å². The monoisotopic (exact) mass is 344 g/mol. The second kappa shape index (κ2) is 7.94. The molecule has 1 saturated heterocycles. The van der Waals surface area contributed by atoms with Crippen LogP contribution >= 0.6 is 0 Å². The molecular weight excluding hydrogens is 323 g/mol. The van der Waals surface area contributed by atoms with Crippen LogP contribution in [0, 0.1) is 5.82 Å². The van der Waals surface area contributed by atoms with Crippen LogP contribution in [-0.4, -0.2) is 41.6 Å². The van der Waals surface area contributed by atoms with Crippen LogP contribution in [0.15, 0.2) is 47.6 Å². The van der Waals surface area contributed by atoms with Gasteiger partial charge in [0.05, 0.1) is 24.9 Å². The molecule has 0 radical (unpaired) electrons. The number of hydrogen-bond acceptors (Lipinski definition) is 4. The Morgan fingerprint density at radius 1 is 1.36 bits per heavy atom. The summed E-state index contributed by atoms with van der Waals surface area (Å²) in [5, 5.41) is 0. The van der Waals surface area contributed by atoms with Crippen LogP contribution in [0.25, 0.3) is 0 Å². The molecule has 2 N–H and O–H groups in total. The first-order valence-corrected chi connectivity index (χ1v) is 8.15. The molecule has 1 unspecified atom stereocenters. The van der Waals surface area contributed by atoms with E-state index in [1.165, 1.54) is 12.1 Å². The molecule has 0 aliphatic carbocycles. The molecule has 1 aromatic heterocycles. The van der Waals surface area contributed by atoms with E-state index >= 15 is 0 Å². The van der Waals surface area contributed by atoms with Crippen molar-refractivity contribution in [3.05, 3.63) is 54.1 Å². The van der Waals surface area contributed by atoms with Crippen molar-refractivity contribution in [2.24, 2.45) is 10.7 Å². The fourth-order valence-electron chi connectivity index (χ4n) is 2.53. The van der Waals surface area contributed by atoms with E-state index in [0.29, 0.717) is 30.6 Å². The lowest BCUT2D eigenvalue weighted by Gasteiger charge is -2.31. The number of benzene rings is 1. The number of pyridine rings is 1. The fraction of sp³-hybridized carbons (Fsp3) is 0.333. The van der Waals surface area contributed by atoms with Crippen molar-refractivity contribution in [3.63, 3.8) is 0 Å². The van der Waals surface area contributed by atoms with Gasteiger partial charge in [0, 0.05) is 25.4 Å². The molecule has 6 nitrogen and oxygen atoms in total. The van der Waals surface area contributed by atoms with Gasteiger partial charge in [-0.1, -0.05) is 0 Å². The van der Waals surface area contributed by atoms with Crippen molar-refractivity contribution in [1.82, 2.24) is 9.88 Å². The zero-order valence-corrected chi connectivity index (χ0v) is 14.1. The summed E-state index contributed by atoms with van der Waals surface area (Å²) in [5.74, 6) is 1.36. The number of aliphatic imine (C=N–C) groups is 1. The summed E-state index contributed by atoms with van der Waals surface area (Å²) in [6.45, 7) is 4.49. The van der Waals surface area contributed by atoms with Crippen molar-refractivity contribution >= 4 is 5.96 Å². The Morgan fingerprint density at radius 3 is 2.92 bits per heavy atom. The summed E-state index contributed by atoms with van der Waals surface area (Å²) in [6.07, 6.45) is 1.80. The van der Waals surface area contributed by atoms with Crippen LogP contribution < -0.4 is 10.5 Å². The van der Waals surface area contributed by atoms with Crippen LogP contribution in [0.1, 0.15) is 12.6 Å². The third-order valence-corrected chi connectivity index (χ3v) is 3.81. The molecule has 0 bridgehead atoms. The number of ether oxygens (including phenoxy) is 2. The minimum atomic E-state index is -0.301. The van der Waals surface area contributed by atoms with Crippen LogP contribution in [-0.2, 0) is 11.3 Å². The second-order valence-electron chi connectivity index (χ2n) is 5.84. The first-order chi connectivity index (χ1) is 12.1. The van der Waals surface area contributed by atoms with Gasteiger partial charge in [-0.05, 0) is 37.3 Å². The van der Waals surface area contributed by atoms with Gasteiger partial charge in [0.1, 0.15) is 17.3 Å². The molecular formula is C18H21FN4O2. The van der Waals surface area contributed by atoms with Crippen molar-refractivity contribution in [1.29, 1.82) is 0 Å². The summed E-state index contributed by atoms with van der Waals surface area (Å²) in [7, 11) is 0. The lowest BCUT2D eigenvalue weighted by molar-refractivity contribution is 0.00528. The number of guanidine groups is 1. The number of nitrogens with zero attached hydrogens (tertiary/aromatic N) is 3. The summed E-state index contributed by atoms with van der Waals surface area (Å²) < 4.78 is 24.1. The average molecular weight is 344 g/mol. The van der Waals surface area contributed by atoms with E-state index in [0.717, 1.165) is 18.8 Å². The zero-order valence-electron chi connectivity index (χ0n) is 14.1. The summed E-state index contributed by atoms with van der Waals surface area (Å²) >= 11 is 0. The van der Waals surface area contributed by atoms with Gasteiger partial charge in [0.2, 0.25) is 0 Å². The SMILES string of the molecule is CC1CN(C(N)=NCc2cc(Oc3ccc(F)cc3)ccn2)CCO1. The van der Waals surface area contributed by atoms with Gasteiger partial charge in [-0.2, -0.15) is 0 Å². The first kappa shape index (κ1) is 17.2. The Bertz CT molecular complexity index is 736. The van der Waals surface area contributed by atoms with E-state index in [-0.39, 0.29) is 11.9 Å². The molecule has 132 valence electrons. The Labute approximate surface area is 146 Å². The van der Waals surface area contributed by atoms with E-state index in [1.807, 2.05) is 11.8 Å². The lowest BCUT2D eigenvalue weighted by Crippen LogP contribution is -2.47. The van der Waals surface area contributed by atoms with Crippen LogP contribution in [0.5, 0.6) is 11.5 Å². The highest BCUT2D eigenvalue weighted by Gasteiger charge is 2.17. The smallest absolute Gasteiger partial charge is 0.191 e. The highest BCUT2D eigenvalue weighted by molar-refractivity contribution is 5.78. The van der Waals surface area contributed by atoms with Gasteiger partial charge < -0.3 is 20.1 Å². The highest BCUT2D eigenvalue weighted by Crippen LogP contribution is 2.21. The molecule has 1 atom stereocenters. The molecule has 1 aromatic carbocycles. The molecule has 25 heavy (non-hydrogen) atoms. The molecule has 0 spiro atoms. The van der Waals surface area contributed by atoms with Crippen LogP contribution in [0.2, 0.25) is 0 Å². The Kier molecular flexibility index (Phi) is 5.45.